The predicted molar refractivity (Wildman–Crippen MR) is 70.7 cm³/mol. The number of halogens is 1. The van der Waals surface area contributed by atoms with E-state index in [1.54, 1.807) is 12.1 Å². The summed E-state index contributed by atoms with van der Waals surface area (Å²) in [6.07, 6.45) is 0. The van der Waals surface area contributed by atoms with Gasteiger partial charge in [0.1, 0.15) is 11.4 Å². The zero-order chi connectivity index (χ0) is 13.8. The molecule has 5 heteroatoms. The van der Waals surface area contributed by atoms with E-state index in [-0.39, 0.29) is 18.3 Å². The molecule has 0 atom stereocenters. The first-order valence-corrected chi connectivity index (χ1v) is 6.06. The van der Waals surface area contributed by atoms with Crippen LogP contribution in [0.5, 0.6) is 5.75 Å². The molecule has 1 aromatic rings. The maximum atomic E-state index is 11.4. The van der Waals surface area contributed by atoms with Crippen LogP contribution in [-0.4, -0.2) is 23.2 Å². The van der Waals surface area contributed by atoms with Crippen molar-refractivity contribution in [3.05, 3.63) is 28.8 Å². The van der Waals surface area contributed by atoms with Gasteiger partial charge in [-0.15, -0.1) is 0 Å². The van der Waals surface area contributed by atoms with E-state index >= 15 is 0 Å². The van der Waals surface area contributed by atoms with Crippen LogP contribution in [0.1, 0.15) is 26.3 Å². The average Bonchev–Trinajstić information content (AvgIpc) is 2.20. The first kappa shape index (κ1) is 14.8. The molecule has 0 fully saturated rings. The van der Waals surface area contributed by atoms with Gasteiger partial charge in [0.05, 0.1) is 6.54 Å². The van der Waals surface area contributed by atoms with Gasteiger partial charge in [-0.25, -0.2) is 0 Å². The molecule has 0 bridgehead atoms. The van der Waals surface area contributed by atoms with Crippen molar-refractivity contribution >= 4 is 17.6 Å². The Hall–Kier alpha value is -1.26. The lowest BCUT2D eigenvalue weighted by Crippen LogP contribution is -2.31. The highest BCUT2D eigenvalue weighted by Gasteiger charge is 2.15. The highest BCUT2D eigenvalue weighted by Crippen LogP contribution is 2.21. The minimum Gasteiger partial charge on any atom is -0.508 e. The van der Waals surface area contributed by atoms with E-state index in [0.717, 1.165) is 0 Å². The Morgan fingerprint density at radius 1 is 1.44 bits per heavy atom. The Bertz CT molecular complexity index is 427. The van der Waals surface area contributed by atoms with Crippen LogP contribution in [0.25, 0.3) is 0 Å². The molecule has 0 radical (unpaired) electrons. The molecule has 0 unspecified atom stereocenters. The van der Waals surface area contributed by atoms with Crippen LogP contribution in [0.4, 0.5) is 0 Å². The molecule has 1 rings (SSSR count). The van der Waals surface area contributed by atoms with Gasteiger partial charge < -0.3 is 15.2 Å². The molecule has 0 aliphatic heterocycles. The lowest BCUT2D eigenvalue weighted by Gasteiger charge is -2.19. The van der Waals surface area contributed by atoms with Gasteiger partial charge in [0.2, 0.25) is 0 Å². The third-order valence-corrected chi connectivity index (χ3v) is 2.28. The molecule has 0 aromatic heterocycles. The summed E-state index contributed by atoms with van der Waals surface area (Å²) in [7, 11) is 0. The van der Waals surface area contributed by atoms with Crippen LogP contribution in [0.15, 0.2) is 18.2 Å². The molecule has 0 saturated heterocycles. The van der Waals surface area contributed by atoms with Crippen molar-refractivity contribution in [1.29, 1.82) is 0 Å². The van der Waals surface area contributed by atoms with Gasteiger partial charge in [-0.1, -0.05) is 11.6 Å². The van der Waals surface area contributed by atoms with Crippen molar-refractivity contribution in [1.82, 2.24) is 5.32 Å². The van der Waals surface area contributed by atoms with E-state index in [9.17, 15) is 9.90 Å². The molecule has 1 aromatic carbocycles. The summed E-state index contributed by atoms with van der Waals surface area (Å²) in [5.74, 6) is -0.180. The number of aromatic hydroxyl groups is 1. The number of benzene rings is 1. The molecule has 100 valence electrons. The van der Waals surface area contributed by atoms with Gasteiger partial charge in [0.15, 0.2) is 0 Å². The second kappa shape index (κ2) is 6.07. The van der Waals surface area contributed by atoms with Crippen LogP contribution in [0, 0.1) is 0 Å². The van der Waals surface area contributed by atoms with E-state index < -0.39 is 5.60 Å². The van der Waals surface area contributed by atoms with E-state index in [2.05, 4.69) is 5.32 Å². The van der Waals surface area contributed by atoms with E-state index in [1.165, 1.54) is 6.07 Å². The van der Waals surface area contributed by atoms with Gasteiger partial charge in [-0.05, 0) is 39.0 Å². The zero-order valence-electron chi connectivity index (χ0n) is 10.8. The van der Waals surface area contributed by atoms with Crippen LogP contribution in [-0.2, 0) is 16.1 Å². The zero-order valence-corrected chi connectivity index (χ0v) is 11.5. The van der Waals surface area contributed by atoms with Gasteiger partial charge in [0, 0.05) is 17.1 Å². The van der Waals surface area contributed by atoms with Crippen molar-refractivity contribution < 1.29 is 14.6 Å². The number of carbonyl (C=O) groups excluding carboxylic acids is 1. The van der Waals surface area contributed by atoms with Crippen molar-refractivity contribution in [2.24, 2.45) is 0 Å². The van der Waals surface area contributed by atoms with Gasteiger partial charge >= 0.3 is 5.97 Å². The number of nitrogens with one attached hydrogen (secondary N) is 1. The summed E-state index contributed by atoms with van der Waals surface area (Å²) in [5.41, 5.74) is 0.155. The first-order chi connectivity index (χ1) is 8.28. The summed E-state index contributed by atoms with van der Waals surface area (Å²) in [5, 5.41) is 13.0. The predicted octanol–water partition coefficient (Wildman–Crippen LogP) is 2.48. The summed E-state index contributed by atoms with van der Waals surface area (Å²) in [6, 6.07) is 4.78. The Morgan fingerprint density at radius 3 is 2.72 bits per heavy atom. The number of ether oxygens (including phenoxy) is 1. The molecule has 4 nitrogen and oxygen atoms in total. The lowest BCUT2D eigenvalue weighted by molar-refractivity contribution is -0.153. The van der Waals surface area contributed by atoms with E-state index in [4.69, 9.17) is 16.3 Å². The van der Waals surface area contributed by atoms with Crippen molar-refractivity contribution in [2.75, 3.05) is 6.54 Å². The van der Waals surface area contributed by atoms with E-state index in [0.29, 0.717) is 17.1 Å². The lowest BCUT2D eigenvalue weighted by atomic mass is 10.2. The highest BCUT2D eigenvalue weighted by molar-refractivity contribution is 6.30. The molecule has 0 amide bonds. The normalized spacial score (nSPS) is 11.3. The maximum absolute atomic E-state index is 11.4. The van der Waals surface area contributed by atoms with Crippen LogP contribution < -0.4 is 5.32 Å². The fourth-order valence-corrected chi connectivity index (χ4v) is 1.57. The van der Waals surface area contributed by atoms with E-state index in [1.807, 2.05) is 20.8 Å². The van der Waals surface area contributed by atoms with Gasteiger partial charge in [0.25, 0.3) is 0 Å². The molecular weight excluding hydrogens is 254 g/mol. The molecule has 18 heavy (non-hydrogen) atoms. The first-order valence-electron chi connectivity index (χ1n) is 5.68. The number of esters is 1. The number of hydrogen-bond acceptors (Lipinski definition) is 4. The monoisotopic (exact) mass is 271 g/mol. The van der Waals surface area contributed by atoms with Crippen molar-refractivity contribution in [2.45, 2.75) is 32.9 Å². The standard InChI is InChI=1S/C13H18ClNO3/c1-13(2,3)18-12(17)8-15-7-9-6-10(14)4-5-11(9)16/h4-6,15-16H,7-8H2,1-3H3. The molecule has 0 spiro atoms. The Kier molecular flexibility index (Phi) is 4.99. The molecule has 2 N–H and O–H groups in total. The quantitative estimate of drug-likeness (QED) is 0.826. The van der Waals surface area contributed by atoms with Gasteiger partial charge in [-0.2, -0.15) is 0 Å². The number of phenols is 1. The SMILES string of the molecule is CC(C)(C)OC(=O)CNCc1cc(Cl)ccc1O. The third kappa shape index (κ3) is 5.38. The fourth-order valence-electron chi connectivity index (χ4n) is 1.37. The molecule has 0 aliphatic carbocycles. The molecular formula is C13H18ClNO3. The largest absolute Gasteiger partial charge is 0.508 e. The van der Waals surface area contributed by atoms with Gasteiger partial charge in [-0.3, -0.25) is 4.79 Å². The fraction of sp³-hybridized carbons (Fsp3) is 0.462. The summed E-state index contributed by atoms with van der Waals surface area (Å²) < 4.78 is 5.14. The number of rotatable bonds is 4. The highest BCUT2D eigenvalue weighted by atomic mass is 35.5. The molecule has 0 heterocycles. The maximum Gasteiger partial charge on any atom is 0.320 e. The second-order valence-corrected chi connectivity index (χ2v) is 5.40. The molecule has 0 aliphatic rings. The smallest absolute Gasteiger partial charge is 0.320 e. The summed E-state index contributed by atoms with van der Waals surface area (Å²) in [4.78, 5) is 11.4. The van der Waals surface area contributed by atoms with Crippen LogP contribution >= 0.6 is 11.6 Å². The summed E-state index contributed by atoms with van der Waals surface area (Å²) in [6.45, 7) is 5.88. The second-order valence-electron chi connectivity index (χ2n) is 4.96. The Morgan fingerprint density at radius 2 is 2.11 bits per heavy atom. The average molecular weight is 272 g/mol. The van der Waals surface area contributed by atoms with Crippen molar-refractivity contribution in [3.8, 4) is 5.75 Å². The number of hydrogen-bond donors (Lipinski definition) is 2. The Balaban J connectivity index is 2.42. The molecule has 0 saturated carbocycles. The van der Waals surface area contributed by atoms with Crippen LogP contribution in [0.3, 0.4) is 0 Å². The number of carbonyl (C=O) groups is 1. The minimum atomic E-state index is -0.489. The minimum absolute atomic E-state index is 0.0865. The summed E-state index contributed by atoms with van der Waals surface area (Å²) >= 11 is 5.81. The van der Waals surface area contributed by atoms with Crippen molar-refractivity contribution in [3.63, 3.8) is 0 Å². The topological polar surface area (TPSA) is 58.6 Å². The third-order valence-electron chi connectivity index (χ3n) is 2.05. The van der Waals surface area contributed by atoms with Crippen LogP contribution in [0.2, 0.25) is 5.02 Å². The Labute approximate surface area is 112 Å². The number of phenolic OH excluding ortho intramolecular Hbond substituents is 1.